The number of aromatic nitrogens is 3. The Morgan fingerprint density at radius 3 is 2.47 bits per heavy atom. The van der Waals surface area contributed by atoms with E-state index in [1.807, 2.05) is 42.6 Å². The van der Waals surface area contributed by atoms with E-state index in [2.05, 4.69) is 25.1 Å². The number of nitrogens with zero attached hydrogens (tertiary/aromatic N) is 8. The number of aliphatic carboxylic acids is 1. The van der Waals surface area contributed by atoms with Gasteiger partial charge in [0.05, 0.1) is 17.9 Å². The molecule has 0 unspecified atom stereocenters. The lowest BCUT2D eigenvalue weighted by Gasteiger charge is -2.22. The number of H-pyrrole nitrogens is 1. The summed E-state index contributed by atoms with van der Waals surface area (Å²) in [5.74, 6) is -2.11. The Balaban J connectivity index is 0.000000305. The normalized spacial score (nSPS) is 13.9. The molecule has 0 radical (unpaired) electrons. The molecule has 5 rings (SSSR count). The van der Waals surface area contributed by atoms with Gasteiger partial charge in [-0.1, -0.05) is 59.8 Å². The average molecular weight is 955 g/mol. The lowest BCUT2D eigenvalue weighted by molar-refractivity contribution is -0.403. The third-order valence-corrected chi connectivity index (χ3v) is 10.2. The van der Waals surface area contributed by atoms with Gasteiger partial charge >= 0.3 is 18.1 Å². The maximum absolute atomic E-state index is 12.0. The van der Waals surface area contributed by atoms with Crippen LogP contribution in [0.5, 0.6) is 5.75 Å². The van der Waals surface area contributed by atoms with Gasteiger partial charge in [-0.25, -0.2) is 19.3 Å². The van der Waals surface area contributed by atoms with Crippen LogP contribution in [0, 0.1) is 21.6 Å². The number of nitro groups is 1. The number of amides is 3. The van der Waals surface area contributed by atoms with Crippen LogP contribution in [-0.4, -0.2) is 125 Å². The Morgan fingerprint density at radius 1 is 1.14 bits per heavy atom. The second-order valence-electron chi connectivity index (χ2n) is 12.4. The third kappa shape index (κ3) is 21.4. The molecule has 4 heterocycles. The number of carbonyl (C=O) groups excluding carboxylic acids is 2. The van der Waals surface area contributed by atoms with Crippen LogP contribution in [-0.2, 0) is 27.3 Å². The van der Waals surface area contributed by atoms with Gasteiger partial charge in [0.15, 0.2) is 11.0 Å². The number of likely N-dealkylation sites (N-methyl/N-ethyl adjacent to an activating group) is 1. The number of hydrogen-bond donors (Lipinski definition) is 4. The summed E-state index contributed by atoms with van der Waals surface area (Å²) in [6.07, 6.45) is 1.76. The number of nitriles is 1. The van der Waals surface area contributed by atoms with Crippen molar-refractivity contribution in [3.05, 3.63) is 120 Å². The summed E-state index contributed by atoms with van der Waals surface area (Å²) in [5, 5.41) is 45.5. The quantitative estimate of drug-likeness (QED) is 0.0503. The first-order valence-corrected chi connectivity index (χ1v) is 21.0. The van der Waals surface area contributed by atoms with Crippen molar-refractivity contribution in [2.75, 3.05) is 50.8 Å². The average Bonchev–Trinajstić information content (AvgIpc) is 3.70. The number of aliphatic imine (C=N–C) groups is 1. The highest BCUT2D eigenvalue weighted by atomic mass is 35.5. The van der Waals surface area contributed by atoms with Crippen LogP contribution in [0.4, 0.5) is 18.0 Å². The first-order chi connectivity index (χ1) is 30.6. The fourth-order valence-corrected chi connectivity index (χ4v) is 6.90. The van der Waals surface area contributed by atoms with Gasteiger partial charge in [0.25, 0.3) is 11.8 Å². The van der Waals surface area contributed by atoms with Crippen LogP contribution in [0.3, 0.4) is 0 Å². The van der Waals surface area contributed by atoms with Crippen molar-refractivity contribution in [2.24, 2.45) is 4.99 Å². The van der Waals surface area contributed by atoms with E-state index in [0.29, 0.717) is 47.5 Å². The summed E-state index contributed by atoms with van der Waals surface area (Å²) in [6.45, 7) is 4.01. The summed E-state index contributed by atoms with van der Waals surface area (Å²) in [6, 6.07) is 14.7. The van der Waals surface area contributed by atoms with E-state index < -0.39 is 47.8 Å². The zero-order chi connectivity index (χ0) is 47.4. The summed E-state index contributed by atoms with van der Waals surface area (Å²) in [4.78, 5) is 75.2. The SMILES string of the molecule is CCN(CCOc1cc(=O)[nH]nc1Cc1ccccc1)C(=O)O.N#CN=C1SCCN1Cc1ccc(Cl)nc1.O=C(O)CNC(=O)CC(F)=C(F)F.O=CN1CCCSC1=C[N+](=O)[O-]. The van der Waals surface area contributed by atoms with Crippen molar-refractivity contribution >= 4 is 64.7 Å². The third-order valence-electron chi connectivity index (χ3n) is 7.88. The number of halogens is 4. The highest BCUT2D eigenvalue weighted by Crippen LogP contribution is 2.25. The molecule has 20 nitrogen and oxygen atoms in total. The molecule has 344 valence electrons. The molecule has 0 atom stereocenters. The number of pyridine rings is 1. The smallest absolute Gasteiger partial charge is 0.407 e. The zero-order valence-corrected chi connectivity index (χ0v) is 36.3. The number of ether oxygens (including phenoxy) is 1. The highest BCUT2D eigenvalue weighted by molar-refractivity contribution is 8.14. The maximum atomic E-state index is 12.0. The van der Waals surface area contributed by atoms with Gasteiger partial charge < -0.3 is 35.0 Å². The monoisotopic (exact) mass is 954 g/mol. The Hall–Kier alpha value is -6.65. The predicted molar refractivity (Wildman–Crippen MR) is 231 cm³/mol. The van der Waals surface area contributed by atoms with Crippen LogP contribution < -0.4 is 15.6 Å². The number of carboxylic acid groups (broad SMARTS) is 2. The van der Waals surface area contributed by atoms with E-state index in [4.69, 9.17) is 31.8 Å². The minimum atomic E-state index is -2.58. The molecule has 0 aliphatic carbocycles. The molecule has 4 N–H and O–H groups in total. The number of thioether (sulfide) groups is 2. The van der Waals surface area contributed by atoms with E-state index in [1.165, 1.54) is 27.6 Å². The fourth-order valence-electron chi connectivity index (χ4n) is 4.91. The number of benzene rings is 1. The van der Waals surface area contributed by atoms with Gasteiger partial charge in [-0.3, -0.25) is 29.3 Å². The fraction of sp³-hybridized carbons (Fsp3) is 0.342. The molecule has 2 saturated heterocycles. The minimum Gasteiger partial charge on any atom is -0.490 e. The molecule has 2 aliphatic rings. The molecule has 3 amide bonds. The van der Waals surface area contributed by atoms with Gasteiger partial charge in [-0.2, -0.15) is 19.1 Å². The molecular weight excluding hydrogens is 913 g/mol. The Bertz CT molecular complexity index is 2210. The van der Waals surface area contributed by atoms with Gasteiger partial charge in [0, 0.05) is 56.4 Å². The standard InChI is InChI=1S/C16H19N3O4.C10H9ClN4S.C6H6F3NO3.C6H8N2O3S/c1-2-19(16(21)22)8-9-23-14-11-15(20)18-17-13(14)10-12-6-4-3-5-7-12;11-9-2-1-8(5-13-9)6-15-3-4-16-10(15)14-7-12;7-3(6(8)9)1-4(11)10-2-5(12)13;9-5-7-2-1-3-12-6(7)4-8(10)11/h3-7,11H,2,8-10H2,1H3,(H,18,20)(H,21,22);1-2,5H,3-4,6H2;1-2H2,(H,10,11)(H,12,13);4-5H,1-3H2. The number of nitrogens with one attached hydrogen (secondary N) is 2. The summed E-state index contributed by atoms with van der Waals surface area (Å²) in [5.41, 5.74) is 2.35. The number of hydrogen-bond acceptors (Lipinski definition) is 14. The molecule has 0 saturated carbocycles. The van der Waals surface area contributed by atoms with Crippen LogP contribution >= 0.6 is 35.1 Å². The molecule has 2 aromatic heterocycles. The summed E-state index contributed by atoms with van der Waals surface area (Å²) >= 11 is 8.65. The van der Waals surface area contributed by atoms with E-state index in [-0.39, 0.29) is 18.7 Å². The lowest BCUT2D eigenvalue weighted by Crippen LogP contribution is -2.33. The van der Waals surface area contributed by atoms with E-state index in [9.17, 15) is 47.3 Å². The molecule has 2 fully saturated rings. The van der Waals surface area contributed by atoms with Gasteiger partial charge in [0.2, 0.25) is 18.5 Å². The van der Waals surface area contributed by atoms with E-state index in [1.54, 1.807) is 36.3 Å². The van der Waals surface area contributed by atoms with Crippen LogP contribution in [0.1, 0.15) is 36.6 Å². The lowest BCUT2D eigenvalue weighted by atomic mass is 10.1. The van der Waals surface area contributed by atoms with Crippen molar-refractivity contribution in [3.8, 4) is 11.9 Å². The second kappa shape index (κ2) is 29.6. The molecule has 3 aromatic rings. The highest BCUT2D eigenvalue weighted by Gasteiger charge is 2.20. The summed E-state index contributed by atoms with van der Waals surface area (Å²) in [7, 11) is 0. The molecule has 2 aliphatic heterocycles. The van der Waals surface area contributed by atoms with E-state index >= 15 is 0 Å². The van der Waals surface area contributed by atoms with Crippen LogP contribution in [0.2, 0.25) is 5.15 Å². The maximum Gasteiger partial charge on any atom is 0.407 e. The molecule has 0 bridgehead atoms. The Morgan fingerprint density at radius 2 is 1.88 bits per heavy atom. The predicted octanol–water partition coefficient (Wildman–Crippen LogP) is 5.17. The molecule has 1 aromatic carbocycles. The molecule has 26 heteroatoms. The van der Waals surface area contributed by atoms with Crippen molar-refractivity contribution in [1.82, 2.24) is 35.2 Å². The first-order valence-electron chi connectivity index (χ1n) is 18.6. The number of carboxylic acids is 1. The Kier molecular flexibility index (Phi) is 24.7. The Labute approximate surface area is 377 Å². The van der Waals surface area contributed by atoms with Crippen LogP contribution in [0.25, 0.3) is 0 Å². The first kappa shape index (κ1) is 53.5. The second-order valence-corrected chi connectivity index (χ2v) is 15.0. The summed E-state index contributed by atoms with van der Waals surface area (Å²) < 4.78 is 40.4. The van der Waals surface area contributed by atoms with Crippen molar-refractivity contribution in [3.63, 3.8) is 0 Å². The molecular formula is C38H42ClF3N10O10S2. The number of amidine groups is 1. The number of carbonyl (C=O) groups is 4. The van der Waals surface area contributed by atoms with Crippen molar-refractivity contribution < 1.29 is 52.2 Å². The van der Waals surface area contributed by atoms with Crippen molar-refractivity contribution in [1.29, 1.82) is 5.26 Å². The largest absolute Gasteiger partial charge is 0.490 e. The topological polar surface area (TPSA) is 278 Å². The van der Waals surface area contributed by atoms with Crippen LogP contribution in [0.15, 0.2) is 87.7 Å². The van der Waals surface area contributed by atoms with Gasteiger partial charge in [-0.15, -0.1) is 16.8 Å². The minimum absolute atomic E-state index is 0.160. The van der Waals surface area contributed by atoms with E-state index in [0.717, 1.165) is 53.5 Å². The zero-order valence-electron chi connectivity index (χ0n) is 33.9. The molecule has 0 spiro atoms. The van der Waals surface area contributed by atoms with Gasteiger partial charge in [0.1, 0.15) is 34.8 Å². The van der Waals surface area contributed by atoms with Gasteiger partial charge in [-0.05, 0) is 30.5 Å². The number of aromatic amines is 1. The molecule has 64 heavy (non-hydrogen) atoms. The number of rotatable bonds is 15. The van der Waals surface area contributed by atoms with Crippen molar-refractivity contribution in [2.45, 2.75) is 32.7 Å².